The first-order valence-electron chi connectivity index (χ1n) is 14.1. The van der Waals surface area contributed by atoms with E-state index in [1.807, 2.05) is 0 Å². The summed E-state index contributed by atoms with van der Waals surface area (Å²) in [5.41, 5.74) is 2.75. The molecule has 176 valence electrons. The van der Waals surface area contributed by atoms with Crippen LogP contribution in [0.4, 0.5) is 0 Å². The highest BCUT2D eigenvalue weighted by atomic mass is 14.4. The summed E-state index contributed by atoms with van der Waals surface area (Å²) >= 11 is 0. The van der Waals surface area contributed by atoms with Crippen LogP contribution in [-0.4, -0.2) is 0 Å². The Morgan fingerprint density at radius 3 is 1.75 bits per heavy atom. The zero-order chi connectivity index (χ0) is 22.1. The predicted molar refractivity (Wildman–Crippen MR) is 140 cm³/mol. The van der Waals surface area contributed by atoms with Gasteiger partial charge in [0.2, 0.25) is 0 Å². The van der Waals surface area contributed by atoms with Crippen molar-refractivity contribution in [1.29, 1.82) is 0 Å². The molecule has 4 aliphatic carbocycles. The molecule has 0 spiro atoms. The maximum absolute atomic E-state index is 2.56. The topological polar surface area (TPSA) is 0 Å². The number of rotatable bonds is 12. The Labute approximate surface area is 199 Å². The van der Waals surface area contributed by atoms with Crippen molar-refractivity contribution < 1.29 is 0 Å². The summed E-state index contributed by atoms with van der Waals surface area (Å²) in [6, 6.07) is 10.9. The van der Waals surface area contributed by atoms with Gasteiger partial charge in [-0.15, -0.1) is 0 Å². The van der Waals surface area contributed by atoms with Gasteiger partial charge in [-0.25, -0.2) is 0 Å². The molecule has 4 unspecified atom stereocenters. The lowest BCUT2D eigenvalue weighted by Gasteiger charge is -2.23. The summed E-state index contributed by atoms with van der Waals surface area (Å²) in [7, 11) is 0. The molecule has 0 nitrogen and oxygen atoms in total. The van der Waals surface area contributed by atoms with Crippen LogP contribution < -0.4 is 0 Å². The van der Waals surface area contributed by atoms with E-state index in [-0.39, 0.29) is 0 Å². The molecule has 1 aromatic rings. The minimum Gasteiger partial charge on any atom is -0.0848 e. The molecule has 5 rings (SSSR count). The van der Waals surface area contributed by atoms with Crippen molar-refractivity contribution in [3.63, 3.8) is 0 Å². The molecular weight excluding hydrogens is 384 g/mol. The van der Waals surface area contributed by atoms with Crippen molar-refractivity contribution in [2.24, 2.45) is 22.7 Å². The molecule has 2 fully saturated rings. The van der Waals surface area contributed by atoms with Crippen LogP contribution >= 0.6 is 0 Å². The Bertz CT molecular complexity index is 728. The van der Waals surface area contributed by atoms with E-state index in [1.54, 1.807) is 0 Å². The van der Waals surface area contributed by atoms with E-state index in [1.165, 1.54) is 115 Å². The first-order valence-corrected chi connectivity index (χ1v) is 14.1. The molecule has 2 saturated carbocycles. The summed E-state index contributed by atoms with van der Waals surface area (Å²) in [6.07, 6.45) is 34.5. The highest BCUT2D eigenvalue weighted by Gasteiger charge is 2.40. The Morgan fingerprint density at radius 2 is 1.25 bits per heavy atom. The smallest absolute Gasteiger partial charge is 0.0109 e. The van der Waals surface area contributed by atoms with Gasteiger partial charge < -0.3 is 0 Å². The maximum Gasteiger partial charge on any atom is -0.0109 e. The molecule has 4 aliphatic rings. The fourth-order valence-corrected chi connectivity index (χ4v) is 6.98. The van der Waals surface area contributed by atoms with Gasteiger partial charge in [-0.1, -0.05) is 113 Å². The second-order valence-electron chi connectivity index (χ2n) is 11.7. The third-order valence-corrected chi connectivity index (χ3v) is 9.09. The number of unbranched alkanes of at least 4 members (excludes halogenated alkanes) is 7. The summed E-state index contributed by atoms with van der Waals surface area (Å²) in [4.78, 5) is 0. The molecule has 0 amide bonds. The lowest BCUT2D eigenvalue weighted by molar-refractivity contribution is 0.350. The quantitative estimate of drug-likeness (QED) is 0.228. The number of fused-ring (bicyclic) bond motifs is 4. The van der Waals surface area contributed by atoms with Crippen molar-refractivity contribution in [2.75, 3.05) is 0 Å². The van der Waals surface area contributed by atoms with Crippen LogP contribution in [0.5, 0.6) is 0 Å². The number of hydrogen-bond acceptors (Lipinski definition) is 0. The molecule has 0 aliphatic heterocycles. The Morgan fingerprint density at radius 1 is 0.688 bits per heavy atom. The molecule has 4 atom stereocenters. The maximum atomic E-state index is 2.56. The van der Waals surface area contributed by atoms with Gasteiger partial charge in [-0.3, -0.25) is 0 Å². The molecular formula is C32H48. The highest BCUT2D eigenvalue weighted by molar-refractivity contribution is 5.19. The van der Waals surface area contributed by atoms with Crippen molar-refractivity contribution >= 4 is 0 Å². The van der Waals surface area contributed by atoms with Crippen LogP contribution in [0, 0.1) is 22.7 Å². The Balaban J connectivity index is 0.000000154. The van der Waals surface area contributed by atoms with Gasteiger partial charge in [0, 0.05) is 0 Å². The predicted octanol–water partition coefficient (Wildman–Crippen LogP) is 9.85. The zero-order valence-electron chi connectivity index (χ0n) is 20.9. The van der Waals surface area contributed by atoms with Gasteiger partial charge in [-0.2, -0.15) is 0 Å². The molecule has 0 N–H and O–H groups in total. The van der Waals surface area contributed by atoms with E-state index >= 15 is 0 Å². The van der Waals surface area contributed by atoms with Crippen molar-refractivity contribution in [1.82, 2.24) is 0 Å². The summed E-state index contributed by atoms with van der Waals surface area (Å²) in [5.74, 6) is 1.88. The third-order valence-electron chi connectivity index (χ3n) is 9.09. The van der Waals surface area contributed by atoms with Crippen LogP contribution in [-0.2, 0) is 6.42 Å². The number of hydrogen-bond donors (Lipinski definition) is 0. The SMILES string of the molecule is C1=CC2(CCc3ccccc3)CCC1C2.CCCCCCCCCCC12C=CC(CC1)C2. The highest BCUT2D eigenvalue weighted by Crippen LogP contribution is 2.52. The van der Waals surface area contributed by atoms with Crippen molar-refractivity contribution in [2.45, 2.75) is 116 Å². The Hall–Kier alpha value is -1.30. The van der Waals surface area contributed by atoms with E-state index in [4.69, 9.17) is 0 Å². The molecule has 0 heterocycles. The van der Waals surface area contributed by atoms with E-state index in [0.717, 1.165) is 11.8 Å². The van der Waals surface area contributed by atoms with Crippen LogP contribution in [0.1, 0.15) is 115 Å². The average Bonchev–Trinajstić information content (AvgIpc) is 3.62. The first-order chi connectivity index (χ1) is 15.7. The molecule has 0 radical (unpaired) electrons. The molecule has 0 heteroatoms. The largest absolute Gasteiger partial charge is 0.0848 e. The van der Waals surface area contributed by atoms with Crippen LogP contribution in [0.25, 0.3) is 0 Å². The number of aryl methyl sites for hydroxylation is 1. The van der Waals surface area contributed by atoms with Crippen molar-refractivity contribution in [3.8, 4) is 0 Å². The number of allylic oxidation sites excluding steroid dienone is 4. The lowest BCUT2D eigenvalue weighted by atomic mass is 9.82. The fourth-order valence-electron chi connectivity index (χ4n) is 6.98. The second kappa shape index (κ2) is 11.7. The molecule has 4 bridgehead atoms. The van der Waals surface area contributed by atoms with Gasteiger partial charge in [-0.05, 0) is 86.0 Å². The summed E-state index contributed by atoms with van der Waals surface area (Å²) in [5, 5.41) is 0. The lowest BCUT2D eigenvalue weighted by Crippen LogP contribution is -2.12. The summed E-state index contributed by atoms with van der Waals surface area (Å²) in [6.45, 7) is 2.29. The zero-order valence-corrected chi connectivity index (χ0v) is 20.9. The van der Waals surface area contributed by atoms with E-state index in [0.29, 0.717) is 10.8 Å². The Kier molecular flexibility index (Phi) is 8.73. The standard InChI is InChI=1S/C17H30.C15H18/c1-2-3-4-5-6-7-8-9-12-17-13-10-16(15-17)11-14-17;1-2-4-13(5-3-1)6-9-15-10-7-14(12-15)8-11-15/h10,13,16H,2-9,11-12,14-15H2,1H3;1-5,7,10,14H,6,8-9,11-12H2. The third kappa shape index (κ3) is 6.61. The van der Waals surface area contributed by atoms with Gasteiger partial charge >= 0.3 is 0 Å². The van der Waals surface area contributed by atoms with Crippen molar-refractivity contribution in [3.05, 3.63) is 60.2 Å². The van der Waals surface area contributed by atoms with Gasteiger partial charge in [0.15, 0.2) is 0 Å². The number of benzene rings is 1. The normalized spacial score (nSPS) is 31.3. The average molecular weight is 433 g/mol. The van der Waals surface area contributed by atoms with Crippen LogP contribution in [0.15, 0.2) is 54.6 Å². The molecule has 32 heavy (non-hydrogen) atoms. The van der Waals surface area contributed by atoms with E-state index in [9.17, 15) is 0 Å². The van der Waals surface area contributed by atoms with Gasteiger partial charge in [0.25, 0.3) is 0 Å². The monoisotopic (exact) mass is 432 g/mol. The molecule has 0 aromatic heterocycles. The van der Waals surface area contributed by atoms with E-state index in [2.05, 4.69) is 61.6 Å². The van der Waals surface area contributed by atoms with Gasteiger partial charge in [0.05, 0.1) is 0 Å². The second-order valence-corrected chi connectivity index (χ2v) is 11.7. The van der Waals surface area contributed by atoms with Gasteiger partial charge in [0.1, 0.15) is 0 Å². The van der Waals surface area contributed by atoms with E-state index < -0.39 is 0 Å². The minimum absolute atomic E-state index is 0.584. The van der Waals surface area contributed by atoms with Crippen LogP contribution in [0.2, 0.25) is 0 Å². The summed E-state index contributed by atoms with van der Waals surface area (Å²) < 4.78 is 0. The fraction of sp³-hybridized carbons (Fsp3) is 0.688. The minimum atomic E-state index is 0.584. The van der Waals surface area contributed by atoms with Crippen LogP contribution in [0.3, 0.4) is 0 Å². The molecule has 0 saturated heterocycles. The molecule has 1 aromatic carbocycles. The first kappa shape index (κ1) is 23.8.